The van der Waals surface area contributed by atoms with Crippen LogP contribution in [0.25, 0.3) is 0 Å². The van der Waals surface area contributed by atoms with Gasteiger partial charge in [0, 0.05) is 37.3 Å². The van der Waals surface area contributed by atoms with Crippen molar-refractivity contribution in [3.8, 4) is 0 Å². The minimum Gasteiger partial charge on any atom is -0.347 e. The van der Waals surface area contributed by atoms with Crippen LogP contribution in [0.4, 0.5) is 4.39 Å². The van der Waals surface area contributed by atoms with Crippen molar-refractivity contribution in [1.29, 1.82) is 0 Å². The number of amides is 2. The number of aryl methyl sites for hydroxylation is 1. The van der Waals surface area contributed by atoms with E-state index in [-0.39, 0.29) is 41.4 Å². The first-order chi connectivity index (χ1) is 14.2. The lowest BCUT2D eigenvalue weighted by Crippen LogP contribution is -2.39. The van der Waals surface area contributed by atoms with E-state index in [0.29, 0.717) is 31.2 Å². The molecule has 160 valence electrons. The highest BCUT2D eigenvalue weighted by molar-refractivity contribution is 5.87. The van der Waals surface area contributed by atoms with Gasteiger partial charge in [0.05, 0.1) is 6.04 Å². The minimum absolute atomic E-state index is 0.0812. The summed E-state index contributed by atoms with van der Waals surface area (Å²) in [7, 11) is 0. The van der Waals surface area contributed by atoms with Crippen molar-refractivity contribution in [2.24, 2.45) is 0 Å². The zero-order valence-corrected chi connectivity index (χ0v) is 17.5. The molecule has 7 nitrogen and oxygen atoms in total. The van der Waals surface area contributed by atoms with Crippen LogP contribution in [0.15, 0.2) is 41.4 Å². The summed E-state index contributed by atoms with van der Waals surface area (Å²) < 4.78 is 19.0. The highest BCUT2D eigenvalue weighted by Gasteiger charge is 2.37. The fraction of sp³-hybridized carbons (Fsp3) is 0.455. The van der Waals surface area contributed by atoms with Crippen molar-refractivity contribution >= 4 is 11.8 Å². The summed E-state index contributed by atoms with van der Waals surface area (Å²) in [6.07, 6.45) is 1.74. The molecule has 1 fully saturated rings. The van der Waals surface area contributed by atoms with E-state index in [0.717, 1.165) is 5.56 Å². The molecule has 2 aromatic rings. The number of likely N-dealkylation sites (tertiary alicyclic amines) is 1. The fourth-order valence-electron chi connectivity index (χ4n) is 3.50. The average molecular weight is 414 g/mol. The van der Waals surface area contributed by atoms with Crippen LogP contribution < -0.4 is 5.32 Å². The van der Waals surface area contributed by atoms with Gasteiger partial charge in [-0.1, -0.05) is 44.6 Å². The maximum Gasteiger partial charge on any atom is 0.243 e. The van der Waals surface area contributed by atoms with E-state index in [1.54, 1.807) is 17.0 Å². The third-order valence-electron chi connectivity index (χ3n) is 5.15. The molecule has 0 aliphatic carbocycles. The maximum atomic E-state index is 13.7. The van der Waals surface area contributed by atoms with Gasteiger partial charge in [-0.25, -0.2) is 4.39 Å². The third-order valence-corrected chi connectivity index (χ3v) is 5.15. The van der Waals surface area contributed by atoms with Crippen molar-refractivity contribution in [3.63, 3.8) is 0 Å². The van der Waals surface area contributed by atoms with Crippen LogP contribution >= 0.6 is 0 Å². The van der Waals surface area contributed by atoms with Crippen LogP contribution in [0.3, 0.4) is 0 Å². The lowest BCUT2D eigenvalue weighted by atomic mass is 9.94. The summed E-state index contributed by atoms with van der Waals surface area (Å²) in [6, 6.07) is 5.93. The van der Waals surface area contributed by atoms with Gasteiger partial charge in [0.25, 0.3) is 0 Å². The van der Waals surface area contributed by atoms with E-state index in [9.17, 15) is 14.0 Å². The number of hydrogen-bond donors (Lipinski definition) is 1. The standard InChI is InChI=1S/C22H27FN4O3/c1-5-18(28)24-17-13-27(12-16(17)14-7-6-8-15(23)11-14)20(29)10-9-19-25-21(26-30-19)22(2,3)4/h5-8,11,16-17H,1,9-10,12-13H2,2-4H3,(H,24,28)/t16-,17+/m0/s1. The number of carbonyl (C=O) groups excluding carboxylic acids is 2. The quantitative estimate of drug-likeness (QED) is 0.735. The molecule has 1 saturated heterocycles. The number of hydrogen-bond acceptors (Lipinski definition) is 5. The summed E-state index contributed by atoms with van der Waals surface area (Å²) in [5.41, 5.74) is 0.515. The predicted octanol–water partition coefficient (Wildman–Crippen LogP) is 2.74. The Morgan fingerprint density at radius 1 is 1.37 bits per heavy atom. The van der Waals surface area contributed by atoms with E-state index in [4.69, 9.17) is 4.52 Å². The van der Waals surface area contributed by atoms with Crippen LogP contribution in [0.2, 0.25) is 0 Å². The van der Waals surface area contributed by atoms with Crippen LogP contribution in [-0.4, -0.2) is 46.0 Å². The predicted molar refractivity (Wildman–Crippen MR) is 109 cm³/mol. The smallest absolute Gasteiger partial charge is 0.243 e. The van der Waals surface area contributed by atoms with Crippen molar-refractivity contribution in [2.75, 3.05) is 13.1 Å². The zero-order valence-electron chi connectivity index (χ0n) is 17.5. The highest BCUT2D eigenvalue weighted by atomic mass is 19.1. The number of aromatic nitrogens is 2. The van der Waals surface area contributed by atoms with Crippen molar-refractivity contribution in [3.05, 3.63) is 60.0 Å². The van der Waals surface area contributed by atoms with E-state index >= 15 is 0 Å². The lowest BCUT2D eigenvalue weighted by Gasteiger charge is -2.19. The van der Waals surface area contributed by atoms with Gasteiger partial charge in [-0.2, -0.15) is 4.98 Å². The molecular formula is C22H27FN4O3. The number of halogens is 1. The Kier molecular flexibility index (Phi) is 6.34. The first-order valence-electron chi connectivity index (χ1n) is 9.96. The van der Waals surface area contributed by atoms with Crippen LogP contribution in [-0.2, 0) is 21.4 Å². The lowest BCUT2D eigenvalue weighted by molar-refractivity contribution is -0.130. The molecule has 1 aliphatic heterocycles. The summed E-state index contributed by atoms with van der Waals surface area (Å²) >= 11 is 0. The molecule has 2 amide bonds. The molecule has 1 N–H and O–H groups in total. The summed E-state index contributed by atoms with van der Waals surface area (Å²) in [4.78, 5) is 30.7. The monoisotopic (exact) mass is 414 g/mol. The number of carbonyl (C=O) groups is 2. The second-order valence-electron chi connectivity index (χ2n) is 8.54. The van der Waals surface area contributed by atoms with Crippen LogP contribution in [0, 0.1) is 5.82 Å². The maximum absolute atomic E-state index is 13.7. The third kappa shape index (κ3) is 5.11. The summed E-state index contributed by atoms with van der Waals surface area (Å²) in [5, 5.41) is 6.83. The molecule has 0 unspecified atom stereocenters. The molecule has 0 bridgehead atoms. The molecule has 0 radical (unpaired) electrons. The molecule has 30 heavy (non-hydrogen) atoms. The fourth-order valence-corrected chi connectivity index (χ4v) is 3.50. The molecule has 0 saturated carbocycles. The Morgan fingerprint density at radius 3 is 2.77 bits per heavy atom. The van der Waals surface area contributed by atoms with Gasteiger partial charge in [-0.05, 0) is 23.8 Å². The molecule has 2 atom stereocenters. The number of nitrogens with one attached hydrogen (secondary N) is 1. The van der Waals surface area contributed by atoms with E-state index in [2.05, 4.69) is 22.0 Å². The largest absolute Gasteiger partial charge is 0.347 e. The number of rotatable bonds is 6. The van der Waals surface area contributed by atoms with E-state index < -0.39 is 0 Å². The second kappa shape index (κ2) is 8.77. The highest BCUT2D eigenvalue weighted by Crippen LogP contribution is 2.29. The van der Waals surface area contributed by atoms with Crippen molar-refractivity contribution in [2.45, 2.75) is 51.0 Å². The number of nitrogens with zero attached hydrogens (tertiary/aromatic N) is 3. The van der Waals surface area contributed by atoms with Crippen molar-refractivity contribution < 1.29 is 18.5 Å². The minimum atomic E-state index is -0.350. The molecule has 8 heteroatoms. The van der Waals surface area contributed by atoms with Gasteiger partial charge >= 0.3 is 0 Å². The molecule has 3 rings (SSSR count). The number of benzene rings is 1. The van der Waals surface area contributed by atoms with Gasteiger partial charge in [-0.15, -0.1) is 0 Å². The Labute approximate surface area is 175 Å². The topological polar surface area (TPSA) is 88.3 Å². The summed E-state index contributed by atoms with van der Waals surface area (Å²) in [5.74, 6) is 0.0651. The Morgan fingerprint density at radius 2 is 2.13 bits per heavy atom. The van der Waals surface area contributed by atoms with Gasteiger partial charge in [0.1, 0.15) is 5.82 Å². The van der Waals surface area contributed by atoms with Crippen LogP contribution in [0.1, 0.15) is 50.4 Å². The zero-order chi connectivity index (χ0) is 21.9. The molecular weight excluding hydrogens is 387 g/mol. The van der Waals surface area contributed by atoms with Crippen molar-refractivity contribution in [1.82, 2.24) is 20.4 Å². The van der Waals surface area contributed by atoms with Gasteiger partial charge in [0.15, 0.2) is 5.82 Å². The van der Waals surface area contributed by atoms with Gasteiger partial charge < -0.3 is 14.7 Å². The molecule has 0 spiro atoms. The van der Waals surface area contributed by atoms with Gasteiger partial charge in [0.2, 0.25) is 17.7 Å². The van der Waals surface area contributed by atoms with Crippen LogP contribution in [0.5, 0.6) is 0 Å². The molecule has 1 aliphatic rings. The van der Waals surface area contributed by atoms with E-state index in [1.807, 2.05) is 20.8 Å². The summed E-state index contributed by atoms with van der Waals surface area (Å²) in [6.45, 7) is 10.2. The normalized spacial score (nSPS) is 19.0. The first-order valence-corrected chi connectivity index (χ1v) is 9.96. The molecule has 2 heterocycles. The van der Waals surface area contributed by atoms with E-state index in [1.165, 1.54) is 18.2 Å². The SMILES string of the molecule is C=CC(=O)N[C@@H]1CN(C(=O)CCc2nc(C(C)(C)C)no2)C[C@H]1c1cccc(F)c1. The molecule has 1 aromatic carbocycles. The first kappa shape index (κ1) is 21.7. The average Bonchev–Trinajstić information content (AvgIpc) is 3.33. The van der Waals surface area contributed by atoms with Gasteiger partial charge in [-0.3, -0.25) is 9.59 Å². The second-order valence-corrected chi connectivity index (χ2v) is 8.54. The Balaban J connectivity index is 1.67. The Bertz CT molecular complexity index is 934. The molecule has 1 aromatic heterocycles. The Hall–Kier alpha value is -3.03.